The second kappa shape index (κ2) is 6.58. The first-order chi connectivity index (χ1) is 9.24. The summed E-state index contributed by atoms with van der Waals surface area (Å²) in [6.07, 6.45) is 5.04. The number of ether oxygens (including phenoxy) is 1. The van der Waals surface area contributed by atoms with Gasteiger partial charge in [-0.1, -0.05) is 12.8 Å². The highest BCUT2D eigenvalue weighted by atomic mass is 16.5. The number of benzene rings is 1. The molecule has 19 heavy (non-hydrogen) atoms. The van der Waals surface area contributed by atoms with Crippen molar-refractivity contribution in [1.29, 1.82) is 5.26 Å². The second-order valence-electron chi connectivity index (χ2n) is 5.44. The standard InChI is InChI=1S/C16H22N2O/c1-12-8-16(7-6-13(12)9-17)19-11-15-5-3-2-4-14(15)10-18/h6-8,14-15H,2-5,10-11,18H2,1H3. The number of nitriles is 1. The molecule has 1 saturated carbocycles. The molecule has 0 heterocycles. The van der Waals surface area contributed by atoms with Crippen LogP contribution in [0.4, 0.5) is 0 Å². The van der Waals surface area contributed by atoms with Gasteiger partial charge in [-0.15, -0.1) is 0 Å². The lowest BCUT2D eigenvalue weighted by molar-refractivity contribution is 0.153. The number of nitrogens with two attached hydrogens (primary N) is 1. The maximum Gasteiger partial charge on any atom is 0.119 e. The molecule has 0 amide bonds. The van der Waals surface area contributed by atoms with Crippen molar-refractivity contribution in [2.24, 2.45) is 17.6 Å². The Kier molecular flexibility index (Phi) is 4.81. The Labute approximate surface area is 115 Å². The first-order valence-corrected chi connectivity index (χ1v) is 7.08. The van der Waals surface area contributed by atoms with Gasteiger partial charge in [0.1, 0.15) is 5.75 Å². The molecule has 2 rings (SSSR count). The Morgan fingerprint density at radius 1 is 1.32 bits per heavy atom. The predicted molar refractivity (Wildman–Crippen MR) is 75.9 cm³/mol. The van der Waals surface area contributed by atoms with Crippen LogP contribution in [-0.2, 0) is 0 Å². The van der Waals surface area contributed by atoms with Crippen LogP contribution in [0, 0.1) is 30.1 Å². The smallest absolute Gasteiger partial charge is 0.119 e. The molecular formula is C16H22N2O. The third-order valence-electron chi connectivity index (χ3n) is 4.15. The minimum atomic E-state index is 0.578. The Balaban J connectivity index is 1.94. The average molecular weight is 258 g/mol. The van der Waals surface area contributed by atoms with E-state index < -0.39 is 0 Å². The van der Waals surface area contributed by atoms with Gasteiger partial charge in [-0.3, -0.25) is 0 Å². The molecule has 102 valence electrons. The van der Waals surface area contributed by atoms with Gasteiger partial charge in [-0.05, 0) is 61.9 Å². The highest BCUT2D eigenvalue weighted by molar-refractivity contribution is 5.41. The van der Waals surface area contributed by atoms with Crippen LogP contribution in [0.25, 0.3) is 0 Å². The average Bonchev–Trinajstić information content (AvgIpc) is 2.45. The summed E-state index contributed by atoms with van der Waals surface area (Å²) in [6, 6.07) is 7.82. The van der Waals surface area contributed by atoms with E-state index in [0.29, 0.717) is 17.4 Å². The second-order valence-corrected chi connectivity index (χ2v) is 5.44. The Hall–Kier alpha value is -1.53. The van der Waals surface area contributed by atoms with Crippen molar-refractivity contribution in [2.45, 2.75) is 32.6 Å². The number of rotatable bonds is 4. The Bertz CT molecular complexity index is 464. The number of hydrogen-bond acceptors (Lipinski definition) is 3. The van der Waals surface area contributed by atoms with Gasteiger partial charge in [0.2, 0.25) is 0 Å². The quantitative estimate of drug-likeness (QED) is 0.903. The lowest BCUT2D eigenvalue weighted by atomic mass is 9.80. The lowest BCUT2D eigenvalue weighted by Gasteiger charge is -2.30. The largest absolute Gasteiger partial charge is 0.493 e. The van der Waals surface area contributed by atoms with Gasteiger partial charge in [0.05, 0.1) is 18.2 Å². The van der Waals surface area contributed by atoms with Crippen LogP contribution in [-0.4, -0.2) is 13.2 Å². The predicted octanol–water partition coefficient (Wildman–Crippen LogP) is 3.01. The van der Waals surface area contributed by atoms with E-state index in [1.807, 2.05) is 25.1 Å². The fourth-order valence-corrected chi connectivity index (χ4v) is 2.87. The summed E-state index contributed by atoms with van der Waals surface area (Å²) in [6.45, 7) is 3.45. The van der Waals surface area contributed by atoms with Gasteiger partial charge in [0, 0.05) is 0 Å². The molecule has 0 aliphatic heterocycles. The van der Waals surface area contributed by atoms with Gasteiger partial charge < -0.3 is 10.5 Å². The van der Waals surface area contributed by atoms with Crippen LogP contribution in [0.15, 0.2) is 18.2 Å². The molecule has 1 aromatic rings. The zero-order valence-corrected chi connectivity index (χ0v) is 11.6. The first kappa shape index (κ1) is 13.9. The molecule has 0 radical (unpaired) electrons. The van der Waals surface area contributed by atoms with Crippen molar-refractivity contribution >= 4 is 0 Å². The molecule has 0 spiro atoms. The van der Waals surface area contributed by atoms with E-state index in [1.54, 1.807) is 0 Å². The van der Waals surface area contributed by atoms with Crippen LogP contribution in [0.2, 0.25) is 0 Å². The van der Waals surface area contributed by atoms with Gasteiger partial charge in [0.25, 0.3) is 0 Å². The molecule has 1 aromatic carbocycles. The highest BCUT2D eigenvalue weighted by Crippen LogP contribution is 2.30. The topological polar surface area (TPSA) is 59.0 Å². The first-order valence-electron chi connectivity index (χ1n) is 7.08. The van der Waals surface area contributed by atoms with Crippen LogP contribution >= 0.6 is 0 Å². The monoisotopic (exact) mass is 258 g/mol. The van der Waals surface area contributed by atoms with E-state index in [0.717, 1.165) is 24.5 Å². The number of hydrogen-bond donors (Lipinski definition) is 1. The van der Waals surface area contributed by atoms with Crippen molar-refractivity contribution in [3.05, 3.63) is 29.3 Å². The summed E-state index contributed by atoms with van der Waals surface area (Å²) in [5, 5.41) is 8.91. The SMILES string of the molecule is Cc1cc(OCC2CCCCC2CN)ccc1C#N. The summed E-state index contributed by atoms with van der Waals surface area (Å²) in [5.41, 5.74) is 7.52. The zero-order valence-electron chi connectivity index (χ0n) is 11.6. The molecule has 2 atom stereocenters. The summed E-state index contributed by atoms with van der Waals surface area (Å²) in [4.78, 5) is 0. The summed E-state index contributed by atoms with van der Waals surface area (Å²) < 4.78 is 5.89. The van der Waals surface area contributed by atoms with E-state index in [9.17, 15) is 0 Å². The molecule has 2 unspecified atom stereocenters. The maximum absolute atomic E-state index is 8.91. The summed E-state index contributed by atoms with van der Waals surface area (Å²) in [5.74, 6) is 2.04. The van der Waals surface area contributed by atoms with Crippen molar-refractivity contribution in [3.63, 3.8) is 0 Å². The summed E-state index contributed by atoms with van der Waals surface area (Å²) >= 11 is 0. The van der Waals surface area contributed by atoms with E-state index in [-0.39, 0.29) is 0 Å². The van der Waals surface area contributed by atoms with E-state index in [4.69, 9.17) is 15.7 Å². The lowest BCUT2D eigenvalue weighted by Crippen LogP contribution is -2.30. The zero-order chi connectivity index (χ0) is 13.7. The molecule has 0 saturated heterocycles. The fraction of sp³-hybridized carbons (Fsp3) is 0.562. The van der Waals surface area contributed by atoms with Crippen LogP contribution in [0.5, 0.6) is 5.75 Å². The third kappa shape index (κ3) is 3.48. The number of nitrogens with zero attached hydrogens (tertiary/aromatic N) is 1. The van der Waals surface area contributed by atoms with Crippen LogP contribution in [0.3, 0.4) is 0 Å². The van der Waals surface area contributed by atoms with Crippen molar-refractivity contribution in [3.8, 4) is 11.8 Å². The fourth-order valence-electron chi connectivity index (χ4n) is 2.87. The highest BCUT2D eigenvalue weighted by Gasteiger charge is 2.24. The van der Waals surface area contributed by atoms with Gasteiger partial charge in [-0.25, -0.2) is 0 Å². The van der Waals surface area contributed by atoms with Crippen molar-refractivity contribution in [1.82, 2.24) is 0 Å². The molecule has 2 N–H and O–H groups in total. The molecule has 0 aromatic heterocycles. The molecular weight excluding hydrogens is 236 g/mol. The Morgan fingerprint density at radius 3 is 2.68 bits per heavy atom. The molecule has 1 aliphatic carbocycles. The molecule has 3 heteroatoms. The van der Waals surface area contributed by atoms with E-state index >= 15 is 0 Å². The minimum Gasteiger partial charge on any atom is -0.493 e. The van der Waals surface area contributed by atoms with E-state index in [2.05, 4.69) is 6.07 Å². The molecule has 0 bridgehead atoms. The third-order valence-corrected chi connectivity index (χ3v) is 4.15. The van der Waals surface area contributed by atoms with Crippen molar-refractivity contribution < 1.29 is 4.74 Å². The van der Waals surface area contributed by atoms with Crippen molar-refractivity contribution in [2.75, 3.05) is 13.2 Å². The molecule has 1 aliphatic rings. The number of aryl methyl sites for hydroxylation is 1. The maximum atomic E-state index is 8.91. The molecule has 1 fully saturated rings. The van der Waals surface area contributed by atoms with Gasteiger partial charge >= 0.3 is 0 Å². The minimum absolute atomic E-state index is 0.578. The summed E-state index contributed by atoms with van der Waals surface area (Å²) in [7, 11) is 0. The van der Waals surface area contributed by atoms with Gasteiger partial charge in [0.15, 0.2) is 0 Å². The van der Waals surface area contributed by atoms with Gasteiger partial charge in [-0.2, -0.15) is 5.26 Å². The van der Waals surface area contributed by atoms with Crippen LogP contribution < -0.4 is 10.5 Å². The van der Waals surface area contributed by atoms with Crippen LogP contribution in [0.1, 0.15) is 36.8 Å². The Morgan fingerprint density at radius 2 is 2.05 bits per heavy atom. The molecule has 3 nitrogen and oxygen atoms in total. The normalized spacial score (nSPS) is 22.8. The van der Waals surface area contributed by atoms with E-state index in [1.165, 1.54) is 25.7 Å².